The molecule has 0 aliphatic carbocycles. The van der Waals surface area contributed by atoms with E-state index in [1.54, 1.807) is 11.3 Å². The van der Waals surface area contributed by atoms with E-state index in [4.69, 9.17) is 9.97 Å². The standard InChI is InChI=1S/C27H20N3S/c1-5-18-13-19(6-1)24-10-3-8-21(29-24)14-22-9-4-11-25(30-22)27-15-23-20(17-28-16-18)7-2-12-26(23)31-27/h1-15,28H,16-17H2. The second kappa shape index (κ2) is 7.73. The van der Waals surface area contributed by atoms with E-state index in [1.807, 2.05) is 12.1 Å². The summed E-state index contributed by atoms with van der Waals surface area (Å²) in [6.45, 7) is 1.64. The predicted molar refractivity (Wildman–Crippen MR) is 128 cm³/mol. The van der Waals surface area contributed by atoms with Gasteiger partial charge in [-0.25, -0.2) is 0 Å². The Hall–Kier alpha value is -3.34. The third-order valence-electron chi connectivity index (χ3n) is 5.61. The van der Waals surface area contributed by atoms with E-state index < -0.39 is 0 Å². The molecule has 1 N–H and O–H groups in total. The molecule has 0 unspecified atom stereocenters. The van der Waals surface area contributed by atoms with Crippen LogP contribution in [0.4, 0.5) is 0 Å². The molecule has 8 bridgehead atoms. The number of pyridine rings is 2. The van der Waals surface area contributed by atoms with Crippen LogP contribution in [0.1, 0.15) is 22.5 Å². The van der Waals surface area contributed by atoms with Crippen molar-refractivity contribution in [3.05, 3.63) is 114 Å². The first-order valence-corrected chi connectivity index (χ1v) is 11.2. The third kappa shape index (κ3) is 3.65. The topological polar surface area (TPSA) is 37.8 Å². The minimum atomic E-state index is 0.815. The summed E-state index contributed by atoms with van der Waals surface area (Å²) in [7, 11) is 0. The van der Waals surface area contributed by atoms with Gasteiger partial charge < -0.3 is 5.32 Å². The van der Waals surface area contributed by atoms with Crippen molar-refractivity contribution in [3.8, 4) is 21.8 Å². The smallest absolute Gasteiger partial charge is 0.0805 e. The summed E-state index contributed by atoms with van der Waals surface area (Å²) in [4.78, 5) is 11.0. The van der Waals surface area contributed by atoms with Crippen LogP contribution >= 0.6 is 11.3 Å². The van der Waals surface area contributed by atoms with Gasteiger partial charge in [-0.2, -0.15) is 0 Å². The van der Waals surface area contributed by atoms with E-state index in [-0.39, 0.29) is 0 Å². The molecular formula is C27H20N3S. The normalized spacial score (nSPS) is 13.3. The van der Waals surface area contributed by atoms with Crippen molar-refractivity contribution >= 4 is 21.4 Å². The summed E-state index contributed by atoms with van der Waals surface area (Å²) in [6, 6.07) is 29.8. The fourth-order valence-electron chi connectivity index (χ4n) is 4.10. The molecule has 3 nitrogen and oxygen atoms in total. The van der Waals surface area contributed by atoms with Gasteiger partial charge in [0.15, 0.2) is 0 Å². The van der Waals surface area contributed by atoms with E-state index in [2.05, 4.69) is 84.5 Å². The van der Waals surface area contributed by atoms with Gasteiger partial charge in [0.1, 0.15) is 0 Å². The summed E-state index contributed by atoms with van der Waals surface area (Å²) in [6.07, 6.45) is 2.05. The minimum absolute atomic E-state index is 0.815. The van der Waals surface area contributed by atoms with Crippen LogP contribution in [0.15, 0.2) is 84.9 Å². The lowest BCUT2D eigenvalue weighted by Crippen LogP contribution is -2.12. The number of nitrogens with one attached hydrogen (secondary N) is 1. The van der Waals surface area contributed by atoms with Crippen LogP contribution in [-0.2, 0) is 13.1 Å². The first-order valence-electron chi connectivity index (χ1n) is 10.4. The van der Waals surface area contributed by atoms with Crippen LogP contribution in [-0.4, -0.2) is 9.97 Å². The van der Waals surface area contributed by atoms with Gasteiger partial charge in [0.25, 0.3) is 0 Å². The first-order chi connectivity index (χ1) is 15.3. The van der Waals surface area contributed by atoms with E-state index in [0.29, 0.717) is 0 Å². The Labute approximate surface area is 185 Å². The van der Waals surface area contributed by atoms with Crippen LogP contribution in [0.5, 0.6) is 0 Å². The van der Waals surface area contributed by atoms with E-state index >= 15 is 0 Å². The zero-order valence-electron chi connectivity index (χ0n) is 16.9. The highest BCUT2D eigenvalue weighted by molar-refractivity contribution is 7.22. The van der Waals surface area contributed by atoms with Gasteiger partial charge in [0.05, 0.1) is 34.1 Å². The van der Waals surface area contributed by atoms with E-state index in [9.17, 15) is 0 Å². The summed E-state index contributed by atoms with van der Waals surface area (Å²) < 4.78 is 1.29. The van der Waals surface area contributed by atoms with Crippen molar-refractivity contribution in [1.82, 2.24) is 15.3 Å². The molecule has 4 heteroatoms. The zero-order chi connectivity index (χ0) is 20.6. The lowest BCUT2D eigenvalue weighted by molar-refractivity contribution is 0.697. The number of rotatable bonds is 0. The number of benzene rings is 2. The lowest BCUT2D eigenvalue weighted by Gasteiger charge is -2.09. The fraction of sp³-hybridized carbons (Fsp3) is 0.0741. The molecule has 0 spiro atoms. The molecule has 0 fully saturated rings. The quantitative estimate of drug-likeness (QED) is 0.324. The van der Waals surface area contributed by atoms with Crippen LogP contribution in [0.3, 0.4) is 0 Å². The molecule has 0 atom stereocenters. The van der Waals surface area contributed by atoms with Gasteiger partial charge in [-0.1, -0.05) is 42.5 Å². The SMILES string of the molecule is [CH]1c2cccc(n2)-c2cccc(c2)CNCc2cccc3sc(cc23)-c2cccc1n2. The molecule has 0 amide bonds. The van der Waals surface area contributed by atoms with Gasteiger partial charge in [0, 0.05) is 23.4 Å². The summed E-state index contributed by atoms with van der Waals surface area (Å²) >= 11 is 1.80. The number of fused-ring (bicyclic) bond motifs is 9. The molecule has 1 aliphatic rings. The number of nitrogens with zero attached hydrogens (tertiary/aromatic N) is 2. The Balaban J connectivity index is 1.50. The summed E-state index contributed by atoms with van der Waals surface area (Å²) in [5.74, 6) is 0. The van der Waals surface area contributed by atoms with Gasteiger partial charge >= 0.3 is 0 Å². The molecule has 5 aromatic rings. The molecule has 1 radical (unpaired) electrons. The van der Waals surface area contributed by atoms with Crippen LogP contribution < -0.4 is 5.32 Å². The van der Waals surface area contributed by atoms with E-state index in [0.717, 1.165) is 41.4 Å². The van der Waals surface area contributed by atoms with Crippen LogP contribution in [0.2, 0.25) is 0 Å². The van der Waals surface area contributed by atoms with Crippen LogP contribution in [0, 0.1) is 6.42 Å². The summed E-state index contributed by atoms with van der Waals surface area (Å²) in [5.41, 5.74) is 7.50. The Morgan fingerprint density at radius 3 is 2.39 bits per heavy atom. The van der Waals surface area contributed by atoms with Gasteiger partial charge in [-0.15, -0.1) is 11.3 Å². The molecule has 4 heterocycles. The maximum absolute atomic E-state index is 4.92. The molecule has 1 aliphatic heterocycles. The molecule has 149 valence electrons. The molecular weight excluding hydrogens is 398 g/mol. The second-order valence-electron chi connectivity index (χ2n) is 7.78. The number of hydrogen-bond acceptors (Lipinski definition) is 4. The van der Waals surface area contributed by atoms with Crippen molar-refractivity contribution in [2.45, 2.75) is 13.1 Å². The summed E-state index contributed by atoms with van der Waals surface area (Å²) in [5, 5.41) is 4.93. The molecule has 0 saturated heterocycles. The van der Waals surface area contributed by atoms with Crippen molar-refractivity contribution in [2.24, 2.45) is 0 Å². The largest absolute Gasteiger partial charge is 0.309 e. The number of hydrogen-bond donors (Lipinski definition) is 1. The highest BCUT2D eigenvalue weighted by Crippen LogP contribution is 2.34. The van der Waals surface area contributed by atoms with Crippen molar-refractivity contribution in [1.29, 1.82) is 0 Å². The van der Waals surface area contributed by atoms with E-state index in [1.165, 1.54) is 26.1 Å². The van der Waals surface area contributed by atoms with Gasteiger partial charge in [-0.3, -0.25) is 9.97 Å². The zero-order valence-corrected chi connectivity index (χ0v) is 17.7. The molecule has 6 rings (SSSR count). The lowest BCUT2D eigenvalue weighted by atomic mass is 10.1. The highest BCUT2D eigenvalue weighted by Gasteiger charge is 2.11. The van der Waals surface area contributed by atoms with Crippen molar-refractivity contribution in [3.63, 3.8) is 0 Å². The van der Waals surface area contributed by atoms with Gasteiger partial charge in [0.2, 0.25) is 0 Å². The maximum atomic E-state index is 4.92. The monoisotopic (exact) mass is 418 g/mol. The minimum Gasteiger partial charge on any atom is -0.309 e. The highest BCUT2D eigenvalue weighted by atomic mass is 32.1. The first kappa shape index (κ1) is 18.4. The Morgan fingerprint density at radius 2 is 1.48 bits per heavy atom. The van der Waals surface area contributed by atoms with Crippen molar-refractivity contribution < 1.29 is 0 Å². The van der Waals surface area contributed by atoms with Crippen molar-refractivity contribution in [2.75, 3.05) is 0 Å². The number of thiophene rings is 1. The average molecular weight is 419 g/mol. The Kier molecular flexibility index (Phi) is 4.59. The predicted octanol–water partition coefficient (Wildman–Crippen LogP) is 6.23. The second-order valence-corrected chi connectivity index (χ2v) is 8.87. The molecule has 0 saturated carbocycles. The average Bonchev–Trinajstić information content (AvgIpc) is 3.25. The third-order valence-corrected chi connectivity index (χ3v) is 6.73. The molecule has 3 aromatic heterocycles. The maximum Gasteiger partial charge on any atom is 0.0805 e. The Bertz CT molecular complexity index is 1400. The van der Waals surface area contributed by atoms with Gasteiger partial charge in [-0.05, 0) is 59.0 Å². The van der Waals surface area contributed by atoms with Crippen LogP contribution in [0.25, 0.3) is 31.9 Å². The molecule has 2 aromatic carbocycles. The number of aromatic nitrogens is 2. The fourth-order valence-corrected chi connectivity index (χ4v) is 5.18. The molecule has 31 heavy (non-hydrogen) atoms. The Morgan fingerprint density at radius 1 is 0.710 bits per heavy atom.